The minimum Gasteiger partial charge on any atom is -0.303 e. The van der Waals surface area contributed by atoms with Crippen molar-refractivity contribution in [2.45, 2.75) is 37.1 Å². The molecule has 1 saturated carbocycles. The number of piperidine rings is 1. The van der Waals surface area contributed by atoms with Crippen LogP contribution in [0.5, 0.6) is 0 Å². The molecule has 1 aliphatic carbocycles. The monoisotopic (exact) mass is 229 g/mol. The lowest BCUT2D eigenvalue weighted by Crippen LogP contribution is -2.52. The third-order valence-corrected chi connectivity index (χ3v) is 4.58. The Morgan fingerprint density at radius 3 is 2.82 bits per heavy atom. The van der Waals surface area contributed by atoms with Crippen molar-refractivity contribution in [3.8, 4) is 0 Å². The van der Waals surface area contributed by atoms with Crippen LogP contribution in [0.2, 0.25) is 0 Å². The lowest BCUT2D eigenvalue weighted by molar-refractivity contribution is -0.126. The maximum absolute atomic E-state index is 12.0. The van der Waals surface area contributed by atoms with Crippen LogP contribution in [0.25, 0.3) is 0 Å². The fraction of sp³-hybridized carbons (Fsp3) is 0.533. The van der Waals surface area contributed by atoms with Gasteiger partial charge in [0.1, 0.15) is 5.78 Å². The van der Waals surface area contributed by atoms with Crippen molar-refractivity contribution < 1.29 is 4.79 Å². The highest BCUT2D eigenvalue weighted by Gasteiger charge is 2.45. The van der Waals surface area contributed by atoms with Gasteiger partial charge in [-0.25, -0.2) is 0 Å². The van der Waals surface area contributed by atoms with E-state index in [-0.39, 0.29) is 5.41 Å². The molecule has 0 amide bonds. The first kappa shape index (κ1) is 11.0. The Balaban J connectivity index is 1.98. The second kappa shape index (κ2) is 3.95. The third-order valence-electron chi connectivity index (χ3n) is 4.58. The van der Waals surface area contributed by atoms with Crippen molar-refractivity contribution >= 4 is 5.78 Å². The van der Waals surface area contributed by atoms with Gasteiger partial charge >= 0.3 is 0 Å². The van der Waals surface area contributed by atoms with Gasteiger partial charge in [0.15, 0.2) is 0 Å². The number of likely N-dealkylation sites (tertiary alicyclic amines) is 1. The molecule has 2 aliphatic rings. The van der Waals surface area contributed by atoms with Crippen molar-refractivity contribution in [3.63, 3.8) is 0 Å². The van der Waals surface area contributed by atoms with Gasteiger partial charge in [-0.15, -0.1) is 0 Å². The van der Waals surface area contributed by atoms with E-state index in [9.17, 15) is 4.79 Å². The summed E-state index contributed by atoms with van der Waals surface area (Å²) >= 11 is 0. The van der Waals surface area contributed by atoms with E-state index in [1.165, 1.54) is 5.56 Å². The number of hydrogen-bond acceptors (Lipinski definition) is 2. The molecule has 0 radical (unpaired) electrons. The number of nitrogens with zero attached hydrogens (tertiary/aromatic N) is 1. The Morgan fingerprint density at radius 2 is 2.06 bits per heavy atom. The molecule has 2 unspecified atom stereocenters. The zero-order valence-corrected chi connectivity index (χ0v) is 10.4. The molecule has 1 saturated heterocycles. The first-order valence-corrected chi connectivity index (χ1v) is 6.47. The van der Waals surface area contributed by atoms with Gasteiger partial charge in [-0.1, -0.05) is 30.3 Å². The first-order valence-electron chi connectivity index (χ1n) is 6.47. The van der Waals surface area contributed by atoms with Crippen LogP contribution in [0.3, 0.4) is 0 Å². The summed E-state index contributed by atoms with van der Waals surface area (Å²) in [5, 5.41) is 0. The Kier molecular flexibility index (Phi) is 2.55. The number of hydrogen-bond donors (Lipinski definition) is 0. The lowest BCUT2D eigenvalue weighted by Gasteiger charge is -2.49. The van der Waals surface area contributed by atoms with Gasteiger partial charge < -0.3 is 4.90 Å². The molecule has 2 fully saturated rings. The molecule has 90 valence electrons. The van der Waals surface area contributed by atoms with Gasteiger partial charge in [0.25, 0.3) is 0 Å². The summed E-state index contributed by atoms with van der Waals surface area (Å²) in [7, 11) is 2.15. The summed E-state index contributed by atoms with van der Waals surface area (Å²) in [5.41, 5.74) is 1.50. The predicted molar refractivity (Wildman–Crippen MR) is 68.0 cm³/mol. The lowest BCUT2D eigenvalue weighted by atomic mass is 9.63. The number of rotatable bonds is 1. The molecule has 0 spiro atoms. The predicted octanol–water partition coefficient (Wildman–Crippen LogP) is 2.38. The number of carbonyl (C=O) groups is 1. The van der Waals surface area contributed by atoms with Crippen LogP contribution in [0.15, 0.2) is 30.3 Å². The highest BCUT2D eigenvalue weighted by atomic mass is 16.1. The molecule has 1 heterocycles. The fourth-order valence-corrected chi connectivity index (χ4v) is 3.54. The zero-order valence-electron chi connectivity index (χ0n) is 10.4. The van der Waals surface area contributed by atoms with Gasteiger partial charge in [-0.3, -0.25) is 4.79 Å². The van der Waals surface area contributed by atoms with Gasteiger partial charge in [-0.05, 0) is 32.0 Å². The number of benzene rings is 1. The van der Waals surface area contributed by atoms with Crippen molar-refractivity contribution in [2.75, 3.05) is 13.6 Å². The highest BCUT2D eigenvalue weighted by Crippen LogP contribution is 2.45. The first-order chi connectivity index (χ1) is 8.20. The topological polar surface area (TPSA) is 20.3 Å². The van der Waals surface area contributed by atoms with Crippen molar-refractivity contribution in [2.24, 2.45) is 0 Å². The molecule has 2 heteroatoms. The number of Topliss-reactive ketones (excluding diaryl/α,β-unsaturated/α-hetero) is 1. The van der Waals surface area contributed by atoms with Crippen LogP contribution >= 0.6 is 0 Å². The van der Waals surface area contributed by atoms with Crippen LogP contribution in [0, 0.1) is 0 Å². The van der Waals surface area contributed by atoms with Crippen LogP contribution in [0.4, 0.5) is 0 Å². The van der Waals surface area contributed by atoms with E-state index in [4.69, 9.17) is 0 Å². The Hall–Kier alpha value is -1.15. The van der Waals surface area contributed by atoms with Gasteiger partial charge in [-0.2, -0.15) is 0 Å². The summed E-state index contributed by atoms with van der Waals surface area (Å²) in [5.74, 6) is 0.441. The molecule has 2 nitrogen and oxygen atoms in total. The van der Waals surface area contributed by atoms with Crippen LogP contribution in [0.1, 0.15) is 31.2 Å². The summed E-state index contributed by atoms with van der Waals surface area (Å²) in [6.45, 7) is 1.12. The average molecular weight is 229 g/mol. The van der Waals surface area contributed by atoms with Crippen LogP contribution in [-0.4, -0.2) is 30.3 Å². The summed E-state index contributed by atoms with van der Waals surface area (Å²) in [6.07, 6.45) is 3.78. The Bertz CT molecular complexity index is 428. The standard InChI is InChI=1S/C15H19NO/c1-16-8-7-15(12-5-3-2-4-6-12)10-13(16)9-14(17)11-15/h2-6,13H,7-11H2,1H3. The number of carbonyl (C=O) groups excluding carboxylic acids is 1. The van der Waals surface area contributed by atoms with Gasteiger partial charge in [0, 0.05) is 24.3 Å². The van der Waals surface area contributed by atoms with Crippen LogP contribution < -0.4 is 0 Å². The second-order valence-electron chi connectivity index (χ2n) is 5.65. The molecule has 1 aliphatic heterocycles. The van der Waals surface area contributed by atoms with E-state index in [0.29, 0.717) is 11.8 Å². The van der Waals surface area contributed by atoms with Crippen molar-refractivity contribution in [3.05, 3.63) is 35.9 Å². The molecule has 17 heavy (non-hydrogen) atoms. The molecule has 3 rings (SSSR count). The minimum atomic E-state index is 0.133. The number of fused-ring (bicyclic) bond motifs is 2. The molecule has 2 bridgehead atoms. The van der Waals surface area contributed by atoms with Gasteiger partial charge in [0.2, 0.25) is 0 Å². The van der Waals surface area contributed by atoms with E-state index < -0.39 is 0 Å². The summed E-state index contributed by atoms with van der Waals surface area (Å²) in [4.78, 5) is 14.3. The second-order valence-corrected chi connectivity index (χ2v) is 5.65. The SMILES string of the molecule is CN1CCC2(c3ccccc3)CC(=O)CC1C2. The largest absolute Gasteiger partial charge is 0.303 e. The van der Waals surface area contributed by atoms with Gasteiger partial charge in [0.05, 0.1) is 0 Å². The highest BCUT2D eigenvalue weighted by molar-refractivity contribution is 5.82. The molecule has 0 aromatic heterocycles. The smallest absolute Gasteiger partial charge is 0.135 e. The molecule has 2 atom stereocenters. The maximum atomic E-state index is 12.0. The summed E-state index contributed by atoms with van der Waals surface area (Å²) in [6, 6.07) is 11.1. The van der Waals surface area contributed by atoms with E-state index >= 15 is 0 Å². The van der Waals surface area contributed by atoms with E-state index in [2.05, 4.69) is 42.3 Å². The normalized spacial score (nSPS) is 33.7. The number of ketones is 1. The zero-order chi connectivity index (χ0) is 11.9. The van der Waals surface area contributed by atoms with Crippen molar-refractivity contribution in [1.82, 2.24) is 4.90 Å². The molecular weight excluding hydrogens is 210 g/mol. The summed E-state index contributed by atoms with van der Waals surface area (Å²) < 4.78 is 0. The van der Waals surface area contributed by atoms with Crippen LogP contribution in [-0.2, 0) is 10.2 Å². The molecule has 1 aromatic carbocycles. The molecule has 0 N–H and O–H groups in total. The van der Waals surface area contributed by atoms with E-state index in [1.807, 2.05) is 0 Å². The fourth-order valence-electron chi connectivity index (χ4n) is 3.54. The quantitative estimate of drug-likeness (QED) is 0.737. The van der Waals surface area contributed by atoms with Crippen molar-refractivity contribution in [1.29, 1.82) is 0 Å². The molecular formula is C15H19NO. The third kappa shape index (κ3) is 1.81. The van der Waals surface area contributed by atoms with E-state index in [0.717, 1.165) is 32.2 Å². The Morgan fingerprint density at radius 1 is 1.29 bits per heavy atom. The maximum Gasteiger partial charge on any atom is 0.135 e. The molecule has 1 aromatic rings. The average Bonchev–Trinajstić information content (AvgIpc) is 2.35. The van der Waals surface area contributed by atoms with E-state index in [1.54, 1.807) is 0 Å². The minimum absolute atomic E-state index is 0.133. The Labute approximate surface area is 103 Å².